The van der Waals surface area contributed by atoms with E-state index >= 15 is 0 Å². The number of aryl methyl sites for hydroxylation is 1. The molecule has 0 unspecified atom stereocenters. The molecule has 0 atom stereocenters. The lowest BCUT2D eigenvalue weighted by Gasteiger charge is -2.21. The summed E-state index contributed by atoms with van der Waals surface area (Å²) in [7, 11) is 0. The zero-order valence-corrected chi connectivity index (χ0v) is 16.5. The maximum Gasteiger partial charge on any atom is 0.339 e. The van der Waals surface area contributed by atoms with Crippen molar-refractivity contribution in [1.29, 1.82) is 0 Å². The van der Waals surface area contributed by atoms with Crippen LogP contribution in [-0.4, -0.2) is 17.7 Å². The minimum absolute atomic E-state index is 0.0687. The third kappa shape index (κ3) is 3.43. The van der Waals surface area contributed by atoms with E-state index in [1.807, 2.05) is 38.1 Å². The number of nitrogens with zero attached hydrogens (tertiary/aromatic N) is 1. The van der Waals surface area contributed by atoms with E-state index in [4.69, 9.17) is 25.8 Å². The van der Waals surface area contributed by atoms with E-state index in [9.17, 15) is 4.79 Å². The number of rotatable bonds is 4. The predicted molar refractivity (Wildman–Crippen MR) is 107 cm³/mol. The Morgan fingerprint density at radius 2 is 2.11 bits per heavy atom. The molecule has 0 bridgehead atoms. The summed E-state index contributed by atoms with van der Waals surface area (Å²) in [5, 5.41) is 1.35. The SMILES string of the molecule is CCc1nc2ccccc2c(C(=O)OCc2cc(Cl)cc3c2OCOC3)c1C. The molecule has 0 spiro atoms. The molecule has 0 N–H and O–H groups in total. The van der Waals surface area contributed by atoms with Crippen LogP contribution in [0.25, 0.3) is 10.9 Å². The van der Waals surface area contributed by atoms with E-state index in [1.54, 1.807) is 12.1 Å². The number of pyridine rings is 1. The van der Waals surface area contributed by atoms with Crippen molar-refractivity contribution >= 4 is 28.5 Å². The molecule has 2 heterocycles. The molecule has 4 rings (SSSR count). The van der Waals surface area contributed by atoms with Gasteiger partial charge in [0.25, 0.3) is 0 Å². The van der Waals surface area contributed by atoms with Crippen LogP contribution in [-0.2, 0) is 29.1 Å². The summed E-state index contributed by atoms with van der Waals surface area (Å²) in [6, 6.07) is 11.2. The van der Waals surface area contributed by atoms with Gasteiger partial charge in [-0.3, -0.25) is 4.98 Å². The monoisotopic (exact) mass is 397 g/mol. The topological polar surface area (TPSA) is 57.7 Å². The lowest BCUT2D eigenvalue weighted by molar-refractivity contribution is -0.0180. The van der Waals surface area contributed by atoms with Gasteiger partial charge in [-0.15, -0.1) is 0 Å². The van der Waals surface area contributed by atoms with Gasteiger partial charge in [0.05, 0.1) is 17.7 Å². The van der Waals surface area contributed by atoms with E-state index < -0.39 is 0 Å². The molecule has 0 saturated heterocycles. The molecule has 1 aliphatic rings. The van der Waals surface area contributed by atoms with Crippen molar-refractivity contribution in [1.82, 2.24) is 4.98 Å². The van der Waals surface area contributed by atoms with Crippen LogP contribution in [0, 0.1) is 6.92 Å². The molecule has 0 radical (unpaired) electrons. The second-order valence-corrected chi connectivity index (χ2v) is 7.11. The van der Waals surface area contributed by atoms with Gasteiger partial charge < -0.3 is 14.2 Å². The minimum atomic E-state index is -0.383. The first-order chi connectivity index (χ1) is 13.6. The van der Waals surface area contributed by atoms with Crippen LogP contribution >= 0.6 is 11.6 Å². The molecule has 144 valence electrons. The van der Waals surface area contributed by atoms with E-state index in [1.165, 1.54) is 0 Å². The van der Waals surface area contributed by atoms with Crippen LogP contribution in [0.1, 0.15) is 39.7 Å². The van der Waals surface area contributed by atoms with Crippen molar-refractivity contribution in [3.8, 4) is 5.75 Å². The van der Waals surface area contributed by atoms with Crippen LogP contribution in [0.5, 0.6) is 5.75 Å². The largest absolute Gasteiger partial charge is 0.467 e. The summed E-state index contributed by atoms with van der Waals surface area (Å²) in [6.07, 6.45) is 0.743. The van der Waals surface area contributed by atoms with E-state index in [-0.39, 0.29) is 19.4 Å². The number of benzene rings is 2. The number of para-hydroxylation sites is 1. The number of esters is 1. The Kier molecular flexibility index (Phi) is 5.20. The number of carbonyl (C=O) groups is 1. The van der Waals surface area contributed by atoms with Crippen LogP contribution < -0.4 is 4.74 Å². The Morgan fingerprint density at radius 1 is 1.29 bits per heavy atom. The highest BCUT2D eigenvalue weighted by atomic mass is 35.5. The molecule has 0 fully saturated rings. The maximum absolute atomic E-state index is 13.0. The van der Waals surface area contributed by atoms with Crippen molar-refractivity contribution in [3.63, 3.8) is 0 Å². The van der Waals surface area contributed by atoms with Gasteiger partial charge in [0, 0.05) is 27.2 Å². The van der Waals surface area contributed by atoms with Gasteiger partial charge in [0.2, 0.25) is 0 Å². The normalized spacial score (nSPS) is 13.1. The molecule has 0 aliphatic carbocycles. The van der Waals surface area contributed by atoms with E-state index in [0.29, 0.717) is 22.9 Å². The zero-order chi connectivity index (χ0) is 19.7. The van der Waals surface area contributed by atoms with Gasteiger partial charge in [-0.2, -0.15) is 0 Å². The first-order valence-electron chi connectivity index (χ1n) is 9.15. The second kappa shape index (κ2) is 7.78. The Morgan fingerprint density at radius 3 is 2.93 bits per heavy atom. The number of fused-ring (bicyclic) bond motifs is 2. The highest BCUT2D eigenvalue weighted by Gasteiger charge is 2.21. The molecular weight excluding hydrogens is 378 g/mol. The molecule has 6 heteroatoms. The summed E-state index contributed by atoms with van der Waals surface area (Å²) >= 11 is 6.20. The zero-order valence-electron chi connectivity index (χ0n) is 15.8. The molecule has 28 heavy (non-hydrogen) atoms. The highest BCUT2D eigenvalue weighted by Crippen LogP contribution is 2.32. The Labute approximate surface area is 168 Å². The van der Waals surface area contributed by atoms with Crippen LogP contribution in [0.3, 0.4) is 0 Å². The molecule has 1 aliphatic heterocycles. The third-order valence-corrected chi connectivity index (χ3v) is 5.10. The highest BCUT2D eigenvalue weighted by molar-refractivity contribution is 6.30. The summed E-state index contributed by atoms with van der Waals surface area (Å²) < 4.78 is 16.6. The molecule has 3 aromatic rings. The maximum atomic E-state index is 13.0. The third-order valence-electron chi connectivity index (χ3n) is 4.89. The number of halogens is 1. The summed E-state index contributed by atoms with van der Waals surface area (Å²) in [6.45, 7) is 4.60. The quantitative estimate of drug-likeness (QED) is 0.581. The van der Waals surface area contributed by atoms with Gasteiger partial charge in [-0.25, -0.2) is 4.79 Å². The van der Waals surface area contributed by atoms with Crippen LogP contribution in [0.2, 0.25) is 5.02 Å². The van der Waals surface area contributed by atoms with Gasteiger partial charge in [0.15, 0.2) is 6.79 Å². The molecular formula is C22H20ClNO4. The first-order valence-corrected chi connectivity index (χ1v) is 9.53. The smallest absolute Gasteiger partial charge is 0.339 e. The molecule has 0 saturated carbocycles. The standard InChI is InChI=1S/C22H20ClNO4/c1-3-18-13(2)20(17-6-4-5-7-19(17)24-18)22(25)27-11-15-9-16(23)8-14-10-26-12-28-21(14)15/h4-9H,3,10-12H2,1-2H3. The fourth-order valence-corrected chi connectivity index (χ4v) is 3.81. The summed E-state index contributed by atoms with van der Waals surface area (Å²) in [4.78, 5) is 17.7. The van der Waals surface area contributed by atoms with Crippen molar-refractivity contribution in [2.24, 2.45) is 0 Å². The van der Waals surface area contributed by atoms with Crippen molar-refractivity contribution < 1.29 is 19.0 Å². The van der Waals surface area contributed by atoms with E-state index in [2.05, 4.69) is 4.98 Å². The lowest BCUT2D eigenvalue weighted by Crippen LogP contribution is -2.15. The summed E-state index contributed by atoms with van der Waals surface area (Å²) in [5.74, 6) is 0.292. The fourth-order valence-electron chi connectivity index (χ4n) is 3.54. The van der Waals surface area contributed by atoms with Crippen LogP contribution in [0.4, 0.5) is 0 Å². The number of hydrogen-bond acceptors (Lipinski definition) is 5. The molecule has 1 aromatic heterocycles. The molecule has 0 amide bonds. The van der Waals surface area contributed by atoms with E-state index in [0.717, 1.165) is 39.7 Å². The van der Waals surface area contributed by atoms with Gasteiger partial charge >= 0.3 is 5.97 Å². The van der Waals surface area contributed by atoms with Gasteiger partial charge in [-0.1, -0.05) is 36.7 Å². The van der Waals surface area contributed by atoms with Crippen molar-refractivity contribution in [2.45, 2.75) is 33.5 Å². The number of ether oxygens (including phenoxy) is 3. The average Bonchev–Trinajstić information content (AvgIpc) is 2.71. The van der Waals surface area contributed by atoms with Crippen molar-refractivity contribution in [2.75, 3.05) is 6.79 Å². The number of hydrogen-bond donors (Lipinski definition) is 0. The summed E-state index contributed by atoms with van der Waals surface area (Å²) in [5.41, 5.74) is 4.67. The minimum Gasteiger partial charge on any atom is -0.467 e. The average molecular weight is 398 g/mol. The van der Waals surface area contributed by atoms with Gasteiger partial charge in [-0.05, 0) is 37.1 Å². The fraction of sp³-hybridized carbons (Fsp3) is 0.273. The first kappa shape index (κ1) is 18.7. The Bertz CT molecular complexity index is 1060. The Hall–Kier alpha value is -2.63. The van der Waals surface area contributed by atoms with Crippen molar-refractivity contribution in [3.05, 3.63) is 69.4 Å². The van der Waals surface area contributed by atoms with Gasteiger partial charge in [0.1, 0.15) is 12.4 Å². The molecule has 5 nitrogen and oxygen atoms in total. The molecule has 2 aromatic carbocycles. The predicted octanol–water partition coefficient (Wildman–Crippen LogP) is 4.98. The number of aromatic nitrogens is 1. The van der Waals surface area contributed by atoms with Crippen LogP contribution in [0.15, 0.2) is 36.4 Å². The Balaban J connectivity index is 1.67. The lowest BCUT2D eigenvalue weighted by atomic mass is 10.0. The second-order valence-electron chi connectivity index (χ2n) is 6.67. The number of carbonyl (C=O) groups excluding carboxylic acids is 1.